The number of hydrogen-bond donors (Lipinski definition) is 1. The van der Waals surface area contributed by atoms with Gasteiger partial charge in [0.25, 0.3) is 5.91 Å². The molecule has 4 nitrogen and oxygen atoms in total. The molecule has 7 heteroatoms. The van der Waals surface area contributed by atoms with Gasteiger partial charge in [0.1, 0.15) is 11.5 Å². The van der Waals surface area contributed by atoms with Gasteiger partial charge in [-0.15, -0.1) is 0 Å². The second-order valence-corrected chi connectivity index (χ2v) is 6.84. The van der Waals surface area contributed by atoms with Gasteiger partial charge in [0, 0.05) is 10.7 Å². The van der Waals surface area contributed by atoms with Crippen LogP contribution in [0.2, 0.25) is 15.1 Å². The van der Waals surface area contributed by atoms with E-state index in [4.69, 9.17) is 39.5 Å². The molecule has 1 N–H and O–H groups in total. The molecule has 1 aliphatic heterocycles. The van der Waals surface area contributed by atoms with Crippen molar-refractivity contribution in [3.05, 3.63) is 68.5 Å². The van der Waals surface area contributed by atoms with Crippen LogP contribution in [0.3, 0.4) is 0 Å². The maximum absolute atomic E-state index is 12.9. The molecule has 0 saturated carbocycles. The first-order valence-electron chi connectivity index (χ1n) is 7.51. The van der Waals surface area contributed by atoms with Gasteiger partial charge in [0.05, 0.1) is 15.7 Å². The maximum atomic E-state index is 12.9. The second kappa shape index (κ2) is 7.16. The summed E-state index contributed by atoms with van der Waals surface area (Å²) < 4.78 is 5.56. The van der Waals surface area contributed by atoms with Gasteiger partial charge in [0.2, 0.25) is 0 Å². The molecular formula is C18H15Cl3N2O2. The summed E-state index contributed by atoms with van der Waals surface area (Å²) in [6.45, 7) is 3.78. The molecule has 0 bridgehead atoms. The molecule has 1 heterocycles. The summed E-state index contributed by atoms with van der Waals surface area (Å²) in [6.07, 6.45) is 0. The van der Waals surface area contributed by atoms with Crippen molar-refractivity contribution in [1.82, 2.24) is 0 Å². The third-order valence-electron chi connectivity index (χ3n) is 3.88. The predicted molar refractivity (Wildman–Crippen MR) is 102 cm³/mol. The summed E-state index contributed by atoms with van der Waals surface area (Å²) in [4.78, 5) is 14.5. The fraction of sp³-hybridized carbons (Fsp3) is 0.167. The number of allylic oxidation sites excluding steroid dienone is 1. The molecule has 0 spiro atoms. The molecule has 3 rings (SSSR count). The smallest absolute Gasteiger partial charge is 0.275 e. The lowest BCUT2D eigenvalue weighted by atomic mass is 10.2. The number of halogens is 3. The summed E-state index contributed by atoms with van der Waals surface area (Å²) >= 11 is 18.6. The minimum absolute atomic E-state index is 0.159. The van der Waals surface area contributed by atoms with Crippen LogP contribution in [0, 0.1) is 6.92 Å². The molecule has 25 heavy (non-hydrogen) atoms. The van der Waals surface area contributed by atoms with E-state index in [1.54, 1.807) is 42.2 Å². The van der Waals surface area contributed by atoms with Crippen LogP contribution in [0.5, 0.6) is 0 Å². The fourth-order valence-electron chi connectivity index (χ4n) is 2.60. The predicted octanol–water partition coefficient (Wildman–Crippen LogP) is 5.62. The third-order valence-corrected chi connectivity index (χ3v) is 4.73. The van der Waals surface area contributed by atoms with E-state index in [1.165, 1.54) is 0 Å². The molecule has 0 fully saturated rings. The maximum Gasteiger partial charge on any atom is 0.275 e. The second-order valence-electron chi connectivity index (χ2n) is 5.59. The Kier molecular flexibility index (Phi) is 5.13. The third kappa shape index (κ3) is 3.56. The van der Waals surface area contributed by atoms with Crippen molar-refractivity contribution in [1.29, 1.82) is 0 Å². The standard InChI is InChI=1S/C18H15Cl3N2O2/c1-10-6-7-12(19)8-15(10)22-18(24)16-11(2)25-9-23(16)17-13(20)4-3-5-14(17)21/h3-8H,9H2,1-2H3,(H,22,24). The molecule has 2 aromatic carbocycles. The number of para-hydroxylation sites is 1. The van der Waals surface area contributed by atoms with Crippen molar-refractivity contribution in [2.45, 2.75) is 13.8 Å². The highest BCUT2D eigenvalue weighted by molar-refractivity contribution is 6.39. The Hall–Kier alpha value is -1.88. The zero-order chi connectivity index (χ0) is 18.1. The average Bonchev–Trinajstić information content (AvgIpc) is 2.92. The highest BCUT2D eigenvalue weighted by Gasteiger charge is 2.31. The van der Waals surface area contributed by atoms with Gasteiger partial charge in [-0.3, -0.25) is 9.69 Å². The number of nitrogens with zero attached hydrogens (tertiary/aromatic N) is 1. The Labute approximate surface area is 160 Å². The first-order valence-corrected chi connectivity index (χ1v) is 8.64. The number of aryl methyl sites for hydroxylation is 1. The Morgan fingerprint density at radius 1 is 1.12 bits per heavy atom. The van der Waals surface area contributed by atoms with E-state index in [9.17, 15) is 4.79 Å². The molecule has 2 aromatic rings. The summed E-state index contributed by atoms with van der Waals surface area (Å²) in [7, 11) is 0. The number of nitrogens with one attached hydrogen (secondary N) is 1. The molecule has 0 radical (unpaired) electrons. The SMILES string of the molecule is CC1=C(C(=O)Nc2cc(Cl)ccc2C)N(c2c(Cl)cccc2Cl)CO1. The van der Waals surface area contributed by atoms with E-state index < -0.39 is 0 Å². The minimum atomic E-state index is -0.323. The monoisotopic (exact) mass is 396 g/mol. The van der Waals surface area contributed by atoms with Gasteiger partial charge in [-0.05, 0) is 43.7 Å². The highest BCUT2D eigenvalue weighted by Crippen LogP contribution is 2.38. The molecule has 130 valence electrons. The van der Waals surface area contributed by atoms with E-state index in [0.717, 1.165) is 5.56 Å². The lowest BCUT2D eigenvalue weighted by Gasteiger charge is -2.22. The van der Waals surface area contributed by atoms with Crippen LogP contribution < -0.4 is 10.2 Å². The molecule has 1 aliphatic rings. The Morgan fingerprint density at radius 2 is 1.80 bits per heavy atom. The van der Waals surface area contributed by atoms with Crippen molar-refractivity contribution in [3.8, 4) is 0 Å². The first-order chi connectivity index (χ1) is 11.9. The number of rotatable bonds is 3. The Morgan fingerprint density at radius 3 is 2.48 bits per heavy atom. The first kappa shape index (κ1) is 17.9. The topological polar surface area (TPSA) is 41.6 Å². The lowest BCUT2D eigenvalue weighted by molar-refractivity contribution is -0.112. The van der Waals surface area contributed by atoms with Crippen LogP contribution >= 0.6 is 34.8 Å². The normalized spacial score (nSPS) is 13.9. The number of carbonyl (C=O) groups excluding carboxylic acids is 1. The molecule has 0 unspecified atom stereocenters. The van der Waals surface area contributed by atoms with E-state index in [0.29, 0.717) is 37.9 Å². The molecule has 0 aliphatic carbocycles. The number of hydrogen-bond acceptors (Lipinski definition) is 3. The van der Waals surface area contributed by atoms with Crippen LogP contribution in [-0.2, 0) is 9.53 Å². The number of benzene rings is 2. The van der Waals surface area contributed by atoms with E-state index >= 15 is 0 Å². The molecule has 0 aromatic heterocycles. The van der Waals surface area contributed by atoms with Crippen molar-refractivity contribution >= 4 is 52.1 Å². The largest absolute Gasteiger partial charge is 0.475 e. The zero-order valence-electron chi connectivity index (χ0n) is 13.6. The summed E-state index contributed by atoms with van der Waals surface area (Å²) in [5.74, 6) is 0.171. The van der Waals surface area contributed by atoms with Crippen molar-refractivity contribution in [2.24, 2.45) is 0 Å². The molecular weight excluding hydrogens is 383 g/mol. The Bertz CT molecular complexity index is 860. The number of amides is 1. The number of anilines is 2. The van der Waals surface area contributed by atoms with Crippen molar-refractivity contribution in [3.63, 3.8) is 0 Å². The van der Waals surface area contributed by atoms with Gasteiger partial charge < -0.3 is 10.1 Å². The minimum Gasteiger partial charge on any atom is -0.475 e. The lowest BCUT2D eigenvalue weighted by Crippen LogP contribution is -2.29. The van der Waals surface area contributed by atoms with Crippen LogP contribution in [0.15, 0.2) is 47.9 Å². The van der Waals surface area contributed by atoms with Crippen LogP contribution in [0.25, 0.3) is 0 Å². The van der Waals surface area contributed by atoms with Gasteiger partial charge >= 0.3 is 0 Å². The van der Waals surface area contributed by atoms with Crippen molar-refractivity contribution in [2.75, 3.05) is 16.9 Å². The average molecular weight is 398 g/mol. The summed E-state index contributed by atoms with van der Waals surface area (Å²) in [5.41, 5.74) is 2.43. The van der Waals surface area contributed by atoms with Crippen molar-refractivity contribution < 1.29 is 9.53 Å². The number of carbonyl (C=O) groups is 1. The fourth-order valence-corrected chi connectivity index (χ4v) is 3.37. The van der Waals surface area contributed by atoms with E-state index in [1.807, 2.05) is 13.0 Å². The molecule has 1 amide bonds. The molecule has 0 atom stereocenters. The molecule has 0 saturated heterocycles. The van der Waals surface area contributed by atoms with E-state index in [-0.39, 0.29) is 12.6 Å². The van der Waals surface area contributed by atoms with Crippen LogP contribution in [-0.4, -0.2) is 12.6 Å². The quantitative estimate of drug-likeness (QED) is 0.731. The summed E-state index contributed by atoms with van der Waals surface area (Å²) in [5, 5.41) is 4.29. The summed E-state index contributed by atoms with van der Waals surface area (Å²) in [6, 6.07) is 10.5. The highest BCUT2D eigenvalue weighted by atomic mass is 35.5. The number of ether oxygens (including phenoxy) is 1. The van der Waals surface area contributed by atoms with Gasteiger partial charge in [-0.25, -0.2) is 0 Å². The zero-order valence-corrected chi connectivity index (χ0v) is 15.8. The van der Waals surface area contributed by atoms with Gasteiger partial charge in [-0.1, -0.05) is 46.9 Å². The van der Waals surface area contributed by atoms with E-state index in [2.05, 4.69) is 5.32 Å². The Balaban J connectivity index is 1.95. The van der Waals surface area contributed by atoms with Crippen LogP contribution in [0.1, 0.15) is 12.5 Å². The van der Waals surface area contributed by atoms with Gasteiger partial charge in [0.15, 0.2) is 6.73 Å². The van der Waals surface area contributed by atoms with Gasteiger partial charge in [-0.2, -0.15) is 0 Å². The van der Waals surface area contributed by atoms with Crippen LogP contribution in [0.4, 0.5) is 11.4 Å².